The maximum absolute atomic E-state index is 13.2. The van der Waals surface area contributed by atoms with Crippen LogP contribution < -0.4 is 4.74 Å². The van der Waals surface area contributed by atoms with Crippen molar-refractivity contribution in [1.29, 1.82) is 0 Å². The Morgan fingerprint density at radius 3 is 2.96 bits per heavy atom. The highest BCUT2D eigenvalue weighted by atomic mass is 16.6. The summed E-state index contributed by atoms with van der Waals surface area (Å²) in [7, 11) is 1.89. The van der Waals surface area contributed by atoms with E-state index in [-0.39, 0.29) is 24.3 Å². The lowest BCUT2D eigenvalue weighted by molar-refractivity contribution is -0.162. The first-order chi connectivity index (χ1) is 13.6. The number of rotatable bonds is 3. The lowest BCUT2D eigenvalue weighted by Gasteiger charge is -2.41. The van der Waals surface area contributed by atoms with E-state index >= 15 is 0 Å². The molecule has 2 atom stereocenters. The van der Waals surface area contributed by atoms with E-state index in [0.717, 1.165) is 24.1 Å². The molecular formula is C19H20N6O3. The first-order valence-electron chi connectivity index (χ1n) is 9.58. The number of aromatic nitrogens is 5. The van der Waals surface area contributed by atoms with E-state index in [9.17, 15) is 4.79 Å². The Hall–Kier alpha value is -2.94. The minimum absolute atomic E-state index is 0.000233. The van der Waals surface area contributed by atoms with Gasteiger partial charge in [0.05, 0.1) is 11.7 Å². The number of carbonyl (C=O) groups excluding carboxylic acids is 1. The van der Waals surface area contributed by atoms with Crippen LogP contribution in [0.2, 0.25) is 0 Å². The molecule has 0 radical (unpaired) electrons. The largest absolute Gasteiger partial charge is 0.473 e. The van der Waals surface area contributed by atoms with Crippen molar-refractivity contribution in [3.8, 4) is 5.88 Å². The predicted molar refractivity (Wildman–Crippen MR) is 96.3 cm³/mol. The lowest BCUT2D eigenvalue weighted by atomic mass is 9.76. The van der Waals surface area contributed by atoms with Crippen molar-refractivity contribution >= 4 is 11.4 Å². The van der Waals surface area contributed by atoms with Gasteiger partial charge in [-0.1, -0.05) is 0 Å². The van der Waals surface area contributed by atoms with Gasteiger partial charge in [0.1, 0.15) is 24.2 Å². The van der Waals surface area contributed by atoms with Crippen LogP contribution in [0.25, 0.3) is 5.52 Å². The number of hydrogen-bond donors (Lipinski definition) is 0. The summed E-state index contributed by atoms with van der Waals surface area (Å²) in [5.74, 6) is 0.609. The first-order valence-corrected chi connectivity index (χ1v) is 9.58. The van der Waals surface area contributed by atoms with Gasteiger partial charge in [0, 0.05) is 32.3 Å². The van der Waals surface area contributed by atoms with Gasteiger partial charge in [-0.05, 0) is 31.0 Å². The molecule has 2 aliphatic heterocycles. The highest BCUT2D eigenvalue weighted by molar-refractivity contribution is 5.89. The quantitative estimate of drug-likeness (QED) is 0.684. The zero-order valence-corrected chi connectivity index (χ0v) is 15.4. The number of nitrogens with zero attached hydrogens (tertiary/aromatic N) is 6. The van der Waals surface area contributed by atoms with Crippen LogP contribution in [-0.2, 0) is 16.6 Å². The van der Waals surface area contributed by atoms with E-state index in [1.807, 2.05) is 42.5 Å². The van der Waals surface area contributed by atoms with Gasteiger partial charge in [0.15, 0.2) is 5.60 Å². The standard InChI is InChI=1S/C19H20N6O3/c1-23-8-6-13(22-23)14-4-5-16-25(14)18(26)19(28-16)9-12(10-19)27-17-15-3-2-7-24(15)21-11-20-17/h2-3,6-8,11-12,14,16H,4-5,9-10H2,1H3/t12?,14-,16+,19?/m0/s1. The molecule has 0 aromatic carbocycles. The molecule has 9 nitrogen and oxygen atoms in total. The fourth-order valence-corrected chi connectivity index (χ4v) is 4.74. The fourth-order valence-electron chi connectivity index (χ4n) is 4.74. The van der Waals surface area contributed by atoms with Crippen molar-refractivity contribution in [2.45, 2.75) is 49.7 Å². The number of fused-ring (bicyclic) bond motifs is 2. The van der Waals surface area contributed by atoms with Crippen LogP contribution in [0, 0.1) is 0 Å². The normalized spacial score (nSPS) is 31.5. The Labute approximate surface area is 160 Å². The molecule has 2 saturated heterocycles. The SMILES string of the molecule is Cn1ccc([C@@H]2CC[C@H]3OC4(CC(Oc5ncnn6cccc56)C4)C(=O)N32)n1. The zero-order valence-electron chi connectivity index (χ0n) is 15.4. The molecule has 1 spiro atoms. The van der Waals surface area contributed by atoms with E-state index in [0.29, 0.717) is 18.7 Å². The molecule has 3 aromatic rings. The second kappa shape index (κ2) is 5.54. The molecule has 1 aliphatic carbocycles. The number of carbonyl (C=O) groups is 1. The summed E-state index contributed by atoms with van der Waals surface area (Å²) in [6.45, 7) is 0. The maximum Gasteiger partial charge on any atom is 0.257 e. The van der Waals surface area contributed by atoms with Gasteiger partial charge in [-0.2, -0.15) is 15.2 Å². The molecule has 0 N–H and O–H groups in total. The van der Waals surface area contributed by atoms with Crippen LogP contribution in [0.4, 0.5) is 0 Å². The third-order valence-electron chi connectivity index (χ3n) is 6.09. The molecular weight excluding hydrogens is 360 g/mol. The number of amides is 1. The van der Waals surface area contributed by atoms with Crippen molar-refractivity contribution in [2.75, 3.05) is 0 Å². The van der Waals surface area contributed by atoms with Crippen LogP contribution in [0.3, 0.4) is 0 Å². The molecule has 6 rings (SSSR count). The average Bonchev–Trinajstić information content (AvgIpc) is 3.40. The molecule has 3 fully saturated rings. The molecule has 1 saturated carbocycles. The van der Waals surface area contributed by atoms with Crippen LogP contribution >= 0.6 is 0 Å². The highest BCUT2D eigenvalue weighted by Crippen LogP contribution is 2.51. The summed E-state index contributed by atoms with van der Waals surface area (Å²) in [4.78, 5) is 19.4. The summed E-state index contributed by atoms with van der Waals surface area (Å²) < 4.78 is 15.8. The van der Waals surface area contributed by atoms with Gasteiger partial charge in [0.25, 0.3) is 5.91 Å². The summed E-state index contributed by atoms with van der Waals surface area (Å²) in [6, 6.07) is 5.79. The van der Waals surface area contributed by atoms with Crippen LogP contribution in [0.15, 0.2) is 36.9 Å². The minimum Gasteiger partial charge on any atom is -0.473 e. The average molecular weight is 380 g/mol. The van der Waals surface area contributed by atoms with Gasteiger partial charge >= 0.3 is 0 Å². The van der Waals surface area contributed by atoms with Gasteiger partial charge in [-0.25, -0.2) is 4.52 Å². The topological polar surface area (TPSA) is 86.8 Å². The zero-order chi connectivity index (χ0) is 18.9. The predicted octanol–water partition coefficient (Wildman–Crippen LogP) is 1.46. The van der Waals surface area contributed by atoms with Crippen molar-refractivity contribution in [3.63, 3.8) is 0 Å². The summed E-state index contributed by atoms with van der Waals surface area (Å²) >= 11 is 0. The Morgan fingerprint density at radius 1 is 1.25 bits per heavy atom. The molecule has 1 amide bonds. The van der Waals surface area contributed by atoms with E-state index in [1.54, 1.807) is 9.20 Å². The van der Waals surface area contributed by atoms with Crippen LogP contribution in [0.1, 0.15) is 37.4 Å². The lowest BCUT2D eigenvalue weighted by Crippen LogP contribution is -2.56. The molecule has 3 aromatic heterocycles. The van der Waals surface area contributed by atoms with Gasteiger partial charge in [0.2, 0.25) is 5.88 Å². The molecule has 0 unspecified atom stereocenters. The molecule has 144 valence electrons. The Kier molecular flexibility index (Phi) is 3.18. The third-order valence-corrected chi connectivity index (χ3v) is 6.09. The highest BCUT2D eigenvalue weighted by Gasteiger charge is 2.64. The van der Waals surface area contributed by atoms with E-state index in [1.165, 1.54) is 6.33 Å². The van der Waals surface area contributed by atoms with Gasteiger partial charge in [-0.3, -0.25) is 9.48 Å². The Bertz CT molecular complexity index is 1070. The third kappa shape index (κ3) is 2.16. The minimum atomic E-state index is -0.756. The van der Waals surface area contributed by atoms with E-state index in [2.05, 4.69) is 15.2 Å². The molecule has 28 heavy (non-hydrogen) atoms. The summed E-state index contributed by atoms with van der Waals surface area (Å²) in [5, 5.41) is 8.65. The smallest absolute Gasteiger partial charge is 0.257 e. The molecule has 0 bridgehead atoms. The van der Waals surface area contributed by atoms with Gasteiger partial charge < -0.3 is 14.4 Å². The number of ether oxygens (including phenoxy) is 2. The van der Waals surface area contributed by atoms with Gasteiger partial charge in [-0.15, -0.1) is 0 Å². The van der Waals surface area contributed by atoms with Crippen LogP contribution in [0.5, 0.6) is 5.88 Å². The number of hydrogen-bond acceptors (Lipinski definition) is 6. The van der Waals surface area contributed by atoms with Crippen molar-refractivity contribution in [1.82, 2.24) is 29.3 Å². The molecule has 9 heteroatoms. The second-order valence-corrected chi connectivity index (χ2v) is 7.84. The van der Waals surface area contributed by atoms with E-state index in [4.69, 9.17) is 9.47 Å². The Balaban J connectivity index is 1.19. The van der Waals surface area contributed by atoms with Crippen molar-refractivity contribution in [2.24, 2.45) is 7.05 Å². The summed E-state index contributed by atoms with van der Waals surface area (Å²) in [6.07, 6.45) is 7.81. The fraction of sp³-hybridized carbons (Fsp3) is 0.474. The van der Waals surface area contributed by atoms with Crippen molar-refractivity contribution < 1.29 is 14.3 Å². The van der Waals surface area contributed by atoms with Crippen LogP contribution in [-0.4, -0.2) is 53.1 Å². The summed E-state index contributed by atoms with van der Waals surface area (Å²) in [5.41, 5.74) is 0.995. The molecule has 3 aliphatic rings. The second-order valence-electron chi connectivity index (χ2n) is 7.84. The van der Waals surface area contributed by atoms with Crippen molar-refractivity contribution in [3.05, 3.63) is 42.6 Å². The first kappa shape index (κ1) is 16.1. The Morgan fingerprint density at radius 2 is 2.14 bits per heavy atom. The maximum atomic E-state index is 13.2. The number of aryl methyl sites for hydroxylation is 1. The van der Waals surface area contributed by atoms with E-state index < -0.39 is 5.60 Å². The monoisotopic (exact) mass is 380 g/mol. The molecule has 5 heterocycles.